The van der Waals surface area contributed by atoms with Crippen LogP contribution in [0.3, 0.4) is 0 Å². The Kier molecular flexibility index (Phi) is 5.30. The van der Waals surface area contributed by atoms with Crippen molar-refractivity contribution in [2.75, 3.05) is 19.7 Å². The second-order valence-electron chi connectivity index (χ2n) is 6.07. The quantitative estimate of drug-likeness (QED) is 0.884. The number of nitrogens with one attached hydrogen (secondary N) is 1. The lowest BCUT2D eigenvalue weighted by atomic mass is 9.96. The van der Waals surface area contributed by atoms with Gasteiger partial charge in [-0.2, -0.15) is 0 Å². The molecule has 1 saturated heterocycles. The summed E-state index contributed by atoms with van der Waals surface area (Å²) < 4.78 is 5.77. The third-order valence-corrected chi connectivity index (χ3v) is 5.70. The zero-order chi connectivity index (χ0) is 16.1. The molecule has 2 heterocycles. The minimum atomic E-state index is -0.766. The smallest absolute Gasteiger partial charge is 0.125 e. The molecule has 1 aliphatic heterocycles. The number of hydrogen-bond acceptors (Lipinski definition) is 5. The molecule has 0 radical (unpaired) electrons. The fraction of sp³-hybridized carbons (Fsp3) is 0.500. The first-order valence-electron chi connectivity index (χ1n) is 8.25. The second kappa shape index (κ2) is 7.43. The van der Waals surface area contributed by atoms with Crippen molar-refractivity contribution in [1.29, 1.82) is 0 Å². The van der Waals surface area contributed by atoms with E-state index in [2.05, 4.69) is 10.3 Å². The van der Waals surface area contributed by atoms with Gasteiger partial charge < -0.3 is 15.2 Å². The standard InChI is InChI=1S/C18H24N2O2S/c1-14-16(8-13-22-15-6-3-2-4-7-15)23-17(20-14)18(21)9-5-11-19-12-10-18/h2-4,6-7,19,21H,5,8-13H2,1H3. The van der Waals surface area contributed by atoms with Crippen molar-refractivity contribution in [3.05, 3.63) is 45.9 Å². The maximum Gasteiger partial charge on any atom is 0.125 e. The van der Waals surface area contributed by atoms with E-state index < -0.39 is 5.60 Å². The molecular formula is C18H24N2O2S. The van der Waals surface area contributed by atoms with Crippen LogP contribution in [0.4, 0.5) is 0 Å². The molecule has 0 saturated carbocycles. The molecule has 0 amide bonds. The molecule has 124 valence electrons. The number of thiazole rings is 1. The molecule has 2 N–H and O–H groups in total. The van der Waals surface area contributed by atoms with Crippen LogP contribution in [-0.4, -0.2) is 29.8 Å². The lowest BCUT2D eigenvalue weighted by molar-refractivity contribution is 0.0237. The van der Waals surface area contributed by atoms with Gasteiger partial charge in [-0.25, -0.2) is 4.98 Å². The van der Waals surface area contributed by atoms with Gasteiger partial charge in [0.2, 0.25) is 0 Å². The van der Waals surface area contributed by atoms with Crippen LogP contribution < -0.4 is 10.1 Å². The van der Waals surface area contributed by atoms with Gasteiger partial charge in [0, 0.05) is 11.3 Å². The highest BCUT2D eigenvalue weighted by molar-refractivity contribution is 7.11. The van der Waals surface area contributed by atoms with Crippen molar-refractivity contribution in [2.24, 2.45) is 0 Å². The summed E-state index contributed by atoms with van der Waals surface area (Å²) in [5.41, 5.74) is 0.254. The van der Waals surface area contributed by atoms with Gasteiger partial charge >= 0.3 is 0 Å². The van der Waals surface area contributed by atoms with Crippen molar-refractivity contribution in [1.82, 2.24) is 10.3 Å². The fourth-order valence-electron chi connectivity index (χ4n) is 2.90. The monoisotopic (exact) mass is 332 g/mol. The van der Waals surface area contributed by atoms with E-state index in [4.69, 9.17) is 4.74 Å². The third kappa shape index (κ3) is 4.10. The largest absolute Gasteiger partial charge is 0.493 e. The zero-order valence-electron chi connectivity index (χ0n) is 13.5. The van der Waals surface area contributed by atoms with Crippen molar-refractivity contribution in [3.63, 3.8) is 0 Å². The molecule has 1 aromatic heterocycles. The van der Waals surface area contributed by atoms with Crippen LogP contribution in [0.25, 0.3) is 0 Å². The number of ether oxygens (including phenoxy) is 1. The summed E-state index contributed by atoms with van der Waals surface area (Å²) in [5.74, 6) is 0.892. The van der Waals surface area contributed by atoms with Gasteiger partial charge in [-0.15, -0.1) is 11.3 Å². The van der Waals surface area contributed by atoms with E-state index in [1.165, 1.54) is 4.88 Å². The SMILES string of the molecule is Cc1nc(C2(O)CCCNCC2)sc1CCOc1ccccc1. The number of hydrogen-bond donors (Lipinski definition) is 2. The van der Waals surface area contributed by atoms with Crippen LogP contribution in [0.2, 0.25) is 0 Å². The van der Waals surface area contributed by atoms with Crippen molar-refractivity contribution >= 4 is 11.3 Å². The van der Waals surface area contributed by atoms with Crippen LogP contribution >= 0.6 is 11.3 Å². The highest BCUT2D eigenvalue weighted by atomic mass is 32.1. The van der Waals surface area contributed by atoms with Gasteiger partial charge in [0.15, 0.2) is 0 Å². The summed E-state index contributed by atoms with van der Waals surface area (Å²) in [6.45, 7) is 4.48. The second-order valence-corrected chi connectivity index (χ2v) is 7.16. The number of aromatic nitrogens is 1. The van der Waals surface area contributed by atoms with Gasteiger partial charge in [-0.3, -0.25) is 0 Å². The van der Waals surface area contributed by atoms with Gasteiger partial charge in [0.1, 0.15) is 16.4 Å². The van der Waals surface area contributed by atoms with E-state index in [9.17, 15) is 5.11 Å². The van der Waals surface area contributed by atoms with Crippen LogP contribution in [0, 0.1) is 6.92 Å². The summed E-state index contributed by atoms with van der Waals surface area (Å²) in [4.78, 5) is 5.87. The molecule has 1 unspecified atom stereocenters. The number of aryl methyl sites for hydroxylation is 1. The average Bonchev–Trinajstić information content (AvgIpc) is 2.79. The van der Waals surface area contributed by atoms with Crippen molar-refractivity contribution < 1.29 is 9.84 Å². The van der Waals surface area contributed by atoms with E-state index >= 15 is 0 Å². The van der Waals surface area contributed by atoms with Gasteiger partial charge in [0.25, 0.3) is 0 Å². The first kappa shape index (κ1) is 16.4. The third-order valence-electron chi connectivity index (χ3n) is 4.29. The number of para-hydroxylation sites is 1. The molecule has 4 nitrogen and oxygen atoms in total. The van der Waals surface area contributed by atoms with E-state index in [-0.39, 0.29) is 0 Å². The summed E-state index contributed by atoms with van der Waals surface area (Å²) in [6, 6.07) is 9.86. The predicted octanol–water partition coefficient (Wildman–Crippen LogP) is 3.03. The van der Waals surface area contributed by atoms with Gasteiger partial charge in [-0.05, 0) is 51.4 Å². The molecule has 0 spiro atoms. The minimum Gasteiger partial charge on any atom is -0.493 e. The summed E-state index contributed by atoms with van der Waals surface area (Å²) >= 11 is 1.64. The Morgan fingerprint density at radius 2 is 2.09 bits per heavy atom. The molecule has 0 bridgehead atoms. The van der Waals surface area contributed by atoms with Crippen LogP contribution in [0.1, 0.15) is 34.8 Å². The van der Waals surface area contributed by atoms with E-state index in [0.29, 0.717) is 6.61 Å². The topological polar surface area (TPSA) is 54.4 Å². The zero-order valence-corrected chi connectivity index (χ0v) is 14.4. The highest BCUT2D eigenvalue weighted by Crippen LogP contribution is 2.35. The Balaban J connectivity index is 1.63. The average molecular weight is 332 g/mol. The summed E-state index contributed by atoms with van der Waals surface area (Å²) in [6.07, 6.45) is 3.33. The van der Waals surface area contributed by atoms with Gasteiger partial charge in [-0.1, -0.05) is 18.2 Å². The van der Waals surface area contributed by atoms with Crippen molar-refractivity contribution in [3.8, 4) is 5.75 Å². The van der Waals surface area contributed by atoms with Gasteiger partial charge in [0.05, 0.1) is 12.3 Å². The Hall–Kier alpha value is -1.43. The van der Waals surface area contributed by atoms with E-state index in [1.807, 2.05) is 37.3 Å². The fourth-order valence-corrected chi connectivity index (χ4v) is 4.09. The first-order valence-corrected chi connectivity index (χ1v) is 9.07. The molecule has 0 aliphatic carbocycles. The predicted molar refractivity (Wildman–Crippen MR) is 93.1 cm³/mol. The maximum atomic E-state index is 10.9. The molecule has 23 heavy (non-hydrogen) atoms. The van der Waals surface area contributed by atoms with Crippen LogP contribution in [0.15, 0.2) is 30.3 Å². The minimum absolute atomic E-state index is 0.631. The molecule has 1 atom stereocenters. The Morgan fingerprint density at radius 3 is 2.91 bits per heavy atom. The molecule has 1 aliphatic rings. The number of benzene rings is 1. The Morgan fingerprint density at radius 1 is 1.26 bits per heavy atom. The molecule has 1 aromatic carbocycles. The number of rotatable bonds is 5. The number of nitrogens with zero attached hydrogens (tertiary/aromatic N) is 1. The first-order chi connectivity index (χ1) is 11.2. The maximum absolute atomic E-state index is 10.9. The highest BCUT2D eigenvalue weighted by Gasteiger charge is 2.33. The van der Waals surface area contributed by atoms with Crippen LogP contribution in [0.5, 0.6) is 5.75 Å². The Bertz CT molecular complexity index is 619. The van der Waals surface area contributed by atoms with E-state index in [1.54, 1.807) is 11.3 Å². The summed E-state index contributed by atoms with van der Waals surface area (Å²) in [7, 11) is 0. The molecule has 1 fully saturated rings. The normalized spacial score (nSPS) is 21.8. The molecular weight excluding hydrogens is 308 g/mol. The molecule has 3 rings (SSSR count). The lowest BCUT2D eigenvalue weighted by Gasteiger charge is -2.23. The van der Waals surface area contributed by atoms with Crippen LogP contribution in [-0.2, 0) is 12.0 Å². The van der Waals surface area contributed by atoms with E-state index in [0.717, 1.165) is 55.2 Å². The number of aliphatic hydroxyl groups is 1. The Labute approximate surface area is 141 Å². The summed E-state index contributed by atoms with van der Waals surface area (Å²) in [5, 5.41) is 15.2. The lowest BCUT2D eigenvalue weighted by Crippen LogP contribution is -2.27. The van der Waals surface area contributed by atoms with Crippen molar-refractivity contribution in [2.45, 2.75) is 38.2 Å². The molecule has 2 aromatic rings. The molecule has 5 heteroatoms.